The van der Waals surface area contributed by atoms with E-state index in [0.29, 0.717) is 11.3 Å². The van der Waals surface area contributed by atoms with E-state index in [0.717, 1.165) is 0 Å². The highest BCUT2D eigenvalue weighted by molar-refractivity contribution is 5.85. The molecule has 0 saturated carbocycles. The van der Waals surface area contributed by atoms with E-state index in [2.05, 4.69) is 4.98 Å². The van der Waals surface area contributed by atoms with Gasteiger partial charge >= 0.3 is 0 Å². The average molecular weight is 230 g/mol. The smallest absolute Gasteiger partial charge is 0.148 e. The minimum atomic E-state index is -0.569. The van der Waals surface area contributed by atoms with Gasteiger partial charge < -0.3 is 5.73 Å². The molecule has 0 bridgehead atoms. The number of hydrogen-bond acceptors (Lipinski definition) is 2. The zero-order chi connectivity index (χ0) is 10.3. The lowest BCUT2D eigenvalue weighted by Crippen LogP contribution is -2.31. The molecule has 0 aliphatic rings. The van der Waals surface area contributed by atoms with E-state index in [1.165, 1.54) is 12.3 Å². The minimum Gasteiger partial charge on any atom is -0.319 e. The largest absolute Gasteiger partial charge is 0.319 e. The van der Waals surface area contributed by atoms with E-state index in [-0.39, 0.29) is 18.2 Å². The normalized spacial score (nSPS) is 11.5. The summed E-state index contributed by atoms with van der Waals surface area (Å²) in [5.74, 6) is 0.377. The van der Waals surface area contributed by atoms with E-state index >= 15 is 0 Å². The van der Waals surface area contributed by atoms with E-state index in [9.17, 15) is 4.39 Å². The standard InChI is InChI=1S/C10H12FN3.ClH/c1-10(2,12)9-13-6-8-7(11)4-3-5-14(8)9;/h3-6H,12H2,1-2H3;1H. The van der Waals surface area contributed by atoms with Crippen LogP contribution in [0.15, 0.2) is 24.5 Å². The van der Waals surface area contributed by atoms with Gasteiger partial charge in [0, 0.05) is 6.20 Å². The Hall–Kier alpha value is -1.13. The van der Waals surface area contributed by atoms with Crippen molar-refractivity contribution in [2.24, 2.45) is 5.73 Å². The van der Waals surface area contributed by atoms with Crippen LogP contribution in [0.3, 0.4) is 0 Å². The maximum absolute atomic E-state index is 13.3. The van der Waals surface area contributed by atoms with Crippen LogP contribution in [0, 0.1) is 5.82 Å². The Morgan fingerprint density at radius 1 is 1.47 bits per heavy atom. The average Bonchev–Trinajstić information content (AvgIpc) is 2.47. The first kappa shape index (κ1) is 11.9. The van der Waals surface area contributed by atoms with Gasteiger partial charge in [-0.25, -0.2) is 9.37 Å². The van der Waals surface area contributed by atoms with Crippen LogP contribution in [0.25, 0.3) is 5.52 Å². The first-order valence-electron chi connectivity index (χ1n) is 4.41. The van der Waals surface area contributed by atoms with E-state index in [1.807, 2.05) is 13.8 Å². The first-order valence-corrected chi connectivity index (χ1v) is 4.41. The Morgan fingerprint density at radius 3 is 2.73 bits per heavy atom. The van der Waals surface area contributed by atoms with Gasteiger partial charge in [-0.1, -0.05) is 0 Å². The van der Waals surface area contributed by atoms with Crippen molar-refractivity contribution in [1.82, 2.24) is 9.38 Å². The molecule has 3 nitrogen and oxygen atoms in total. The van der Waals surface area contributed by atoms with Crippen molar-refractivity contribution in [3.8, 4) is 0 Å². The van der Waals surface area contributed by atoms with Gasteiger partial charge in [0.15, 0.2) is 0 Å². The molecule has 2 heterocycles. The van der Waals surface area contributed by atoms with Gasteiger partial charge in [-0.2, -0.15) is 0 Å². The van der Waals surface area contributed by atoms with Crippen LogP contribution in [-0.2, 0) is 5.54 Å². The summed E-state index contributed by atoms with van der Waals surface area (Å²) in [7, 11) is 0. The molecule has 0 atom stereocenters. The highest BCUT2D eigenvalue weighted by atomic mass is 35.5. The van der Waals surface area contributed by atoms with Crippen LogP contribution >= 0.6 is 12.4 Å². The zero-order valence-electron chi connectivity index (χ0n) is 8.57. The molecule has 2 aromatic heterocycles. The van der Waals surface area contributed by atoms with Gasteiger partial charge in [0.2, 0.25) is 0 Å². The SMILES string of the molecule is CC(C)(N)c1ncc2c(F)cccn12.Cl. The molecule has 0 saturated heterocycles. The molecule has 2 rings (SSSR count). The Morgan fingerprint density at radius 2 is 2.13 bits per heavy atom. The Bertz CT molecular complexity index is 473. The Kier molecular flexibility index (Phi) is 3.02. The molecule has 15 heavy (non-hydrogen) atoms. The summed E-state index contributed by atoms with van der Waals surface area (Å²) < 4.78 is 15.0. The number of nitrogens with two attached hydrogens (primary N) is 1. The van der Waals surface area contributed by atoms with Crippen molar-refractivity contribution < 1.29 is 4.39 Å². The van der Waals surface area contributed by atoms with Gasteiger partial charge in [0.25, 0.3) is 0 Å². The molecule has 0 fully saturated rings. The second kappa shape index (κ2) is 3.79. The third-order valence-corrected chi connectivity index (χ3v) is 2.10. The second-order valence-electron chi connectivity index (χ2n) is 3.91. The van der Waals surface area contributed by atoms with Crippen molar-refractivity contribution in [3.05, 3.63) is 36.2 Å². The van der Waals surface area contributed by atoms with E-state index in [4.69, 9.17) is 5.73 Å². The van der Waals surface area contributed by atoms with Crippen molar-refractivity contribution in [1.29, 1.82) is 0 Å². The molecular formula is C10H13ClFN3. The predicted molar refractivity (Wildman–Crippen MR) is 59.6 cm³/mol. The second-order valence-corrected chi connectivity index (χ2v) is 3.91. The summed E-state index contributed by atoms with van der Waals surface area (Å²) in [5.41, 5.74) is 5.80. The summed E-state index contributed by atoms with van der Waals surface area (Å²) in [6, 6.07) is 3.05. The fourth-order valence-corrected chi connectivity index (χ4v) is 1.46. The number of nitrogens with zero attached hydrogens (tertiary/aromatic N) is 2. The summed E-state index contributed by atoms with van der Waals surface area (Å²) in [6.45, 7) is 3.68. The molecule has 0 spiro atoms. The number of aromatic nitrogens is 2. The maximum Gasteiger partial charge on any atom is 0.148 e. The fraction of sp³-hybridized carbons (Fsp3) is 0.300. The van der Waals surface area contributed by atoms with Crippen LogP contribution in [0.4, 0.5) is 4.39 Å². The van der Waals surface area contributed by atoms with Gasteiger partial charge in [-0.3, -0.25) is 4.40 Å². The quantitative estimate of drug-likeness (QED) is 0.814. The van der Waals surface area contributed by atoms with Crippen molar-refractivity contribution >= 4 is 17.9 Å². The first-order chi connectivity index (χ1) is 6.50. The summed E-state index contributed by atoms with van der Waals surface area (Å²) in [4.78, 5) is 4.13. The van der Waals surface area contributed by atoms with Crippen LogP contribution < -0.4 is 5.73 Å². The van der Waals surface area contributed by atoms with E-state index < -0.39 is 5.54 Å². The number of fused-ring (bicyclic) bond motifs is 1. The van der Waals surface area contributed by atoms with E-state index in [1.54, 1.807) is 16.7 Å². The molecule has 2 N–H and O–H groups in total. The topological polar surface area (TPSA) is 43.3 Å². The molecule has 0 amide bonds. The van der Waals surface area contributed by atoms with Crippen LogP contribution in [0.5, 0.6) is 0 Å². The third-order valence-electron chi connectivity index (χ3n) is 2.10. The molecule has 82 valence electrons. The van der Waals surface area contributed by atoms with Crippen LogP contribution in [-0.4, -0.2) is 9.38 Å². The van der Waals surface area contributed by atoms with Gasteiger partial charge in [0.05, 0.1) is 11.7 Å². The van der Waals surface area contributed by atoms with Crippen molar-refractivity contribution in [2.75, 3.05) is 0 Å². The molecule has 0 unspecified atom stereocenters. The maximum atomic E-state index is 13.3. The lowest BCUT2D eigenvalue weighted by atomic mass is 10.1. The van der Waals surface area contributed by atoms with Crippen LogP contribution in [0.2, 0.25) is 0 Å². The lowest BCUT2D eigenvalue weighted by molar-refractivity contribution is 0.510. The van der Waals surface area contributed by atoms with Gasteiger partial charge in [-0.05, 0) is 26.0 Å². The highest BCUT2D eigenvalue weighted by Gasteiger charge is 2.20. The van der Waals surface area contributed by atoms with Gasteiger partial charge in [0.1, 0.15) is 17.2 Å². The molecule has 5 heteroatoms. The summed E-state index contributed by atoms with van der Waals surface area (Å²) in [5, 5.41) is 0. The number of hydrogen-bond donors (Lipinski definition) is 1. The Labute approximate surface area is 93.5 Å². The minimum absolute atomic E-state index is 0. The third kappa shape index (κ3) is 1.96. The van der Waals surface area contributed by atoms with Crippen molar-refractivity contribution in [2.45, 2.75) is 19.4 Å². The highest BCUT2D eigenvalue weighted by Crippen LogP contribution is 2.18. The monoisotopic (exact) mass is 229 g/mol. The van der Waals surface area contributed by atoms with Gasteiger partial charge in [-0.15, -0.1) is 12.4 Å². The molecule has 0 radical (unpaired) electrons. The molecule has 0 aromatic carbocycles. The molecular weight excluding hydrogens is 217 g/mol. The predicted octanol–water partition coefficient (Wildman–Crippen LogP) is 2.09. The summed E-state index contributed by atoms with van der Waals surface area (Å²) >= 11 is 0. The zero-order valence-corrected chi connectivity index (χ0v) is 9.38. The van der Waals surface area contributed by atoms with Crippen LogP contribution in [0.1, 0.15) is 19.7 Å². The summed E-state index contributed by atoms with van der Waals surface area (Å²) in [6.07, 6.45) is 3.26. The molecule has 0 aliphatic heterocycles. The number of pyridine rings is 1. The fourth-order valence-electron chi connectivity index (χ4n) is 1.46. The number of halogens is 2. The number of rotatable bonds is 1. The Balaban J connectivity index is 0.00000112. The number of imidazole rings is 1. The van der Waals surface area contributed by atoms with Crippen molar-refractivity contribution in [3.63, 3.8) is 0 Å². The molecule has 0 aliphatic carbocycles. The molecule has 2 aromatic rings. The lowest BCUT2D eigenvalue weighted by Gasteiger charge is -2.16.